The Morgan fingerprint density at radius 2 is 1.18 bits per heavy atom. The first kappa shape index (κ1) is 36.2. The van der Waals surface area contributed by atoms with Crippen LogP contribution in [0, 0.1) is 0 Å². The van der Waals surface area contributed by atoms with Crippen LogP contribution in [0.2, 0.25) is 0 Å². The lowest BCUT2D eigenvalue weighted by atomic mass is 9.93. The van der Waals surface area contributed by atoms with E-state index in [2.05, 4.69) is 225 Å². The van der Waals surface area contributed by atoms with E-state index >= 15 is 0 Å². The monoisotopic (exact) mass is 728 g/mol. The van der Waals surface area contributed by atoms with Gasteiger partial charge in [0, 0.05) is 19.8 Å². The smallest absolute Gasteiger partial charge is 0.0699 e. The van der Waals surface area contributed by atoms with Crippen molar-refractivity contribution < 1.29 is 0 Å². The van der Waals surface area contributed by atoms with E-state index in [9.17, 15) is 0 Å². The molecule has 1 unspecified atom stereocenters. The van der Waals surface area contributed by atoms with Crippen LogP contribution in [0.25, 0.3) is 11.1 Å². The molecule has 5 aromatic carbocycles. The fourth-order valence-corrected chi connectivity index (χ4v) is 8.27. The highest BCUT2D eigenvalue weighted by Gasteiger charge is 2.30. The molecule has 4 heteroatoms. The van der Waals surface area contributed by atoms with Crippen molar-refractivity contribution in [1.29, 1.82) is 0 Å². The summed E-state index contributed by atoms with van der Waals surface area (Å²) in [5, 5.41) is 2.26. The number of fused-ring (bicyclic) bond motifs is 5. The SMILES string of the molecule is C=C/C=C\C(=C)C1=c2cc(N3c4ccccc4N(C)c4ccccc43)cc/c2=C(\C(C)=C\C=C/C)/C=C/C(N2c3ccccc3N(C)c3ccccc32)CC=C1. The van der Waals surface area contributed by atoms with Crippen molar-refractivity contribution in [2.75, 3.05) is 33.7 Å². The van der Waals surface area contributed by atoms with E-state index in [-0.39, 0.29) is 6.04 Å². The molecule has 0 saturated heterocycles. The van der Waals surface area contributed by atoms with E-state index in [1.165, 1.54) is 28.3 Å². The van der Waals surface area contributed by atoms with Gasteiger partial charge >= 0.3 is 0 Å². The molecular weight excluding hydrogens is 681 g/mol. The van der Waals surface area contributed by atoms with Gasteiger partial charge in [0.05, 0.1) is 51.5 Å². The molecule has 0 spiro atoms. The number of hydrogen-bond donors (Lipinski definition) is 0. The molecule has 2 heterocycles. The molecule has 0 amide bonds. The fraction of sp³-hybridized carbons (Fsp3) is 0.115. The minimum absolute atomic E-state index is 0.0316. The molecule has 5 aromatic rings. The average Bonchev–Trinajstić information content (AvgIpc) is 3.24. The molecule has 0 bridgehead atoms. The molecule has 1 aliphatic carbocycles. The van der Waals surface area contributed by atoms with Gasteiger partial charge in [-0.25, -0.2) is 0 Å². The number of benzene rings is 5. The molecule has 276 valence electrons. The second kappa shape index (κ2) is 15.5. The molecule has 1 atom stereocenters. The topological polar surface area (TPSA) is 13.0 Å². The lowest BCUT2D eigenvalue weighted by Crippen LogP contribution is -2.35. The Bertz CT molecular complexity index is 2540. The Morgan fingerprint density at radius 3 is 1.73 bits per heavy atom. The summed E-state index contributed by atoms with van der Waals surface area (Å²) in [6, 6.07) is 41.7. The first-order valence-corrected chi connectivity index (χ1v) is 19.4. The molecular formula is C52H48N4. The predicted molar refractivity (Wildman–Crippen MR) is 242 cm³/mol. The third-order valence-corrected chi connectivity index (χ3v) is 11.0. The Kier molecular flexibility index (Phi) is 10.0. The second-order valence-electron chi connectivity index (χ2n) is 14.4. The van der Waals surface area contributed by atoms with Crippen LogP contribution in [0.5, 0.6) is 0 Å². The molecule has 2 aliphatic heterocycles. The molecule has 56 heavy (non-hydrogen) atoms. The summed E-state index contributed by atoms with van der Waals surface area (Å²) in [5.41, 5.74) is 14.8. The van der Waals surface area contributed by atoms with Crippen molar-refractivity contribution in [2.45, 2.75) is 26.3 Å². The van der Waals surface area contributed by atoms with Crippen LogP contribution in [-0.4, -0.2) is 20.1 Å². The lowest BCUT2D eigenvalue weighted by Gasteiger charge is -2.41. The highest BCUT2D eigenvalue weighted by molar-refractivity contribution is 5.98. The van der Waals surface area contributed by atoms with Crippen LogP contribution >= 0.6 is 0 Å². The zero-order chi connectivity index (χ0) is 38.8. The van der Waals surface area contributed by atoms with Crippen LogP contribution in [0.3, 0.4) is 0 Å². The largest absolute Gasteiger partial charge is 0.341 e. The Balaban J connectivity index is 1.40. The molecule has 0 aromatic heterocycles. The molecule has 0 N–H and O–H groups in total. The van der Waals surface area contributed by atoms with Crippen LogP contribution in [-0.2, 0) is 0 Å². The van der Waals surface area contributed by atoms with E-state index < -0.39 is 0 Å². The summed E-state index contributed by atoms with van der Waals surface area (Å²) in [4.78, 5) is 9.48. The van der Waals surface area contributed by atoms with Gasteiger partial charge in [0.1, 0.15) is 0 Å². The maximum atomic E-state index is 4.65. The number of para-hydroxylation sites is 8. The van der Waals surface area contributed by atoms with E-state index in [4.69, 9.17) is 0 Å². The first-order valence-electron chi connectivity index (χ1n) is 19.4. The number of nitrogens with zero attached hydrogens (tertiary/aromatic N) is 4. The van der Waals surface area contributed by atoms with Gasteiger partial charge in [-0.05, 0) is 114 Å². The van der Waals surface area contributed by atoms with Crippen LogP contribution in [0.4, 0.5) is 51.2 Å². The van der Waals surface area contributed by atoms with E-state index in [0.717, 1.165) is 62.0 Å². The number of rotatable bonds is 7. The van der Waals surface area contributed by atoms with Gasteiger partial charge in [-0.15, -0.1) is 0 Å². The summed E-state index contributed by atoms with van der Waals surface area (Å²) >= 11 is 0. The van der Waals surface area contributed by atoms with E-state index in [1.807, 2.05) is 12.2 Å². The molecule has 0 fully saturated rings. The van der Waals surface area contributed by atoms with E-state index in [0.29, 0.717) is 0 Å². The maximum absolute atomic E-state index is 4.65. The zero-order valence-electron chi connectivity index (χ0n) is 32.7. The lowest BCUT2D eigenvalue weighted by molar-refractivity contribution is 0.785. The van der Waals surface area contributed by atoms with Crippen molar-refractivity contribution in [3.05, 3.63) is 211 Å². The summed E-state index contributed by atoms with van der Waals surface area (Å²) in [7, 11) is 4.31. The number of allylic oxidation sites excluding steroid dienone is 10. The minimum Gasteiger partial charge on any atom is -0.341 e. The molecule has 0 saturated carbocycles. The molecule has 8 rings (SSSR count). The van der Waals surface area contributed by atoms with Gasteiger partial charge in [0.2, 0.25) is 0 Å². The average molecular weight is 729 g/mol. The fourth-order valence-electron chi connectivity index (χ4n) is 8.27. The van der Waals surface area contributed by atoms with Gasteiger partial charge in [0.25, 0.3) is 0 Å². The van der Waals surface area contributed by atoms with Gasteiger partial charge in [0.15, 0.2) is 0 Å². The van der Waals surface area contributed by atoms with Crippen LogP contribution < -0.4 is 30.0 Å². The standard InChI is InChI=1S/C52H48N4/c1-7-9-20-37(3)41-23-19-22-39(55-49-28-15-11-24-45(49)53(5)46-25-12-16-29-50(46)55)32-34-42(38(4)21-10-8-2)43-35-33-40(36-44(41)43)56-51-30-17-13-26-47(51)54(6)48-27-14-18-31-52(48)56/h7-21,23-36,39H,1,3,22H2,2,4-6H3/b10-8-,20-9-,23-19?,34-32+,38-21+,43-42+,44-41?. The van der Waals surface area contributed by atoms with Crippen LogP contribution in [0.1, 0.15) is 20.3 Å². The minimum atomic E-state index is 0.0316. The summed E-state index contributed by atoms with van der Waals surface area (Å²) < 4.78 is 0. The maximum Gasteiger partial charge on any atom is 0.0699 e. The summed E-state index contributed by atoms with van der Waals surface area (Å²) in [6.07, 6.45) is 22.4. The molecule has 0 radical (unpaired) electrons. The Hall–Kier alpha value is -6.78. The van der Waals surface area contributed by atoms with Gasteiger partial charge in [-0.3, -0.25) is 0 Å². The summed E-state index contributed by atoms with van der Waals surface area (Å²) in [5.74, 6) is 0. The normalized spacial score (nSPS) is 18.0. The van der Waals surface area contributed by atoms with E-state index in [1.54, 1.807) is 0 Å². The Morgan fingerprint density at radius 1 is 0.643 bits per heavy atom. The predicted octanol–water partition coefficient (Wildman–Crippen LogP) is 12.2. The van der Waals surface area contributed by atoms with Gasteiger partial charge in [-0.1, -0.05) is 129 Å². The first-order chi connectivity index (χ1) is 27.4. The molecule has 4 nitrogen and oxygen atoms in total. The third kappa shape index (κ3) is 6.43. The van der Waals surface area contributed by atoms with Crippen molar-refractivity contribution in [2.24, 2.45) is 0 Å². The highest BCUT2D eigenvalue weighted by Crippen LogP contribution is 2.51. The van der Waals surface area contributed by atoms with Crippen molar-refractivity contribution in [1.82, 2.24) is 0 Å². The molecule has 3 aliphatic rings. The number of hydrogen-bond acceptors (Lipinski definition) is 4. The third-order valence-electron chi connectivity index (χ3n) is 11.0. The Labute approximate surface area is 332 Å². The van der Waals surface area contributed by atoms with Crippen molar-refractivity contribution >= 4 is 62.3 Å². The second-order valence-corrected chi connectivity index (χ2v) is 14.4. The zero-order valence-corrected chi connectivity index (χ0v) is 32.7. The van der Waals surface area contributed by atoms with Gasteiger partial charge < -0.3 is 19.6 Å². The van der Waals surface area contributed by atoms with Crippen molar-refractivity contribution in [3.8, 4) is 0 Å². The highest BCUT2D eigenvalue weighted by atomic mass is 15.3. The van der Waals surface area contributed by atoms with Crippen LogP contribution in [0.15, 0.2) is 200 Å². The van der Waals surface area contributed by atoms with Gasteiger partial charge in [-0.2, -0.15) is 0 Å². The number of anilines is 9. The van der Waals surface area contributed by atoms with Crippen molar-refractivity contribution in [3.63, 3.8) is 0 Å². The summed E-state index contributed by atoms with van der Waals surface area (Å²) in [6.45, 7) is 12.9. The quantitative estimate of drug-likeness (QED) is 0.155.